The maximum absolute atomic E-state index is 12.5. The minimum atomic E-state index is -3.15. The van der Waals surface area contributed by atoms with Gasteiger partial charge >= 0.3 is 0 Å². The molecule has 0 aromatic heterocycles. The summed E-state index contributed by atoms with van der Waals surface area (Å²) in [5, 5.41) is 0. The fourth-order valence-corrected chi connectivity index (χ4v) is 4.43. The van der Waals surface area contributed by atoms with Crippen LogP contribution in [0.15, 0.2) is 48.5 Å². The number of sulfone groups is 1. The van der Waals surface area contributed by atoms with Gasteiger partial charge in [-0.05, 0) is 47.9 Å². The van der Waals surface area contributed by atoms with Crippen LogP contribution in [0.2, 0.25) is 0 Å². The number of aryl methyl sites for hydroxylation is 2. The monoisotopic (exact) mass is 358 g/mol. The molecule has 0 bridgehead atoms. The standard InChI is InChI=1S/C22H30O2S/c1-3-5-7-19-9-13-21(14-10-19)17-25(23,24)18-22-15-11-20(12-16-22)8-6-4-2/h9-16H,3-8,17-18H2,1-2H3. The summed E-state index contributed by atoms with van der Waals surface area (Å²) in [4.78, 5) is 0. The van der Waals surface area contributed by atoms with Crippen molar-refractivity contribution in [2.45, 2.75) is 63.9 Å². The highest BCUT2D eigenvalue weighted by molar-refractivity contribution is 7.89. The molecule has 3 heteroatoms. The van der Waals surface area contributed by atoms with Crippen molar-refractivity contribution >= 4 is 9.84 Å². The van der Waals surface area contributed by atoms with E-state index in [0.29, 0.717) is 0 Å². The summed E-state index contributed by atoms with van der Waals surface area (Å²) in [7, 11) is -3.15. The molecule has 0 atom stereocenters. The van der Waals surface area contributed by atoms with Crippen molar-refractivity contribution < 1.29 is 8.42 Å². The molecule has 0 saturated heterocycles. The van der Waals surface area contributed by atoms with Crippen molar-refractivity contribution in [3.8, 4) is 0 Å². The molecule has 0 aliphatic carbocycles. The van der Waals surface area contributed by atoms with E-state index in [9.17, 15) is 8.42 Å². The first kappa shape index (κ1) is 19.7. The highest BCUT2D eigenvalue weighted by Gasteiger charge is 2.13. The van der Waals surface area contributed by atoms with E-state index in [0.717, 1.165) is 24.0 Å². The van der Waals surface area contributed by atoms with Crippen LogP contribution >= 0.6 is 0 Å². The molecular weight excluding hydrogens is 328 g/mol. The van der Waals surface area contributed by atoms with Crippen molar-refractivity contribution in [1.29, 1.82) is 0 Å². The summed E-state index contributed by atoms with van der Waals surface area (Å²) in [5.41, 5.74) is 4.32. The Hall–Kier alpha value is -1.61. The van der Waals surface area contributed by atoms with Crippen molar-refractivity contribution in [3.63, 3.8) is 0 Å². The van der Waals surface area contributed by atoms with Crippen molar-refractivity contribution in [2.24, 2.45) is 0 Å². The quantitative estimate of drug-likeness (QED) is 0.563. The molecule has 2 nitrogen and oxygen atoms in total. The first-order chi connectivity index (χ1) is 12.0. The second kappa shape index (κ2) is 9.76. The first-order valence-electron chi connectivity index (χ1n) is 9.38. The summed E-state index contributed by atoms with van der Waals surface area (Å²) < 4.78 is 25.0. The number of hydrogen-bond acceptors (Lipinski definition) is 2. The van der Waals surface area contributed by atoms with Crippen LogP contribution in [0, 0.1) is 0 Å². The van der Waals surface area contributed by atoms with E-state index in [1.807, 2.05) is 24.3 Å². The lowest BCUT2D eigenvalue weighted by Gasteiger charge is -2.07. The van der Waals surface area contributed by atoms with Crippen LogP contribution in [0.3, 0.4) is 0 Å². The van der Waals surface area contributed by atoms with Gasteiger partial charge in [0, 0.05) is 0 Å². The van der Waals surface area contributed by atoms with E-state index in [1.54, 1.807) is 0 Å². The molecule has 0 amide bonds. The van der Waals surface area contributed by atoms with Gasteiger partial charge in [-0.25, -0.2) is 8.42 Å². The molecule has 2 aromatic carbocycles. The zero-order valence-electron chi connectivity index (χ0n) is 15.5. The van der Waals surface area contributed by atoms with Crippen LogP contribution in [0.25, 0.3) is 0 Å². The predicted octanol–water partition coefficient (Wildman–Crippen LogP) is 5.49. The lowest BCUT2D eigenvalue weighted by molar-refractivity contribution is 0.594. The highest BCUT2D eigenvalue weighted by Crippen LogP contribution is 2.16. The molecular formula is C22H30O2S. The molecule has 0 unspecified atom stereocenters. The Balaban J connectivity index is 1.94. The molecule has 0 aliphatic rings. The second-order valence-corrected chi connectivity index (χ2v) is 8.94. The molecule has 25 heavy (non-hydrogen) atoms. The van der Waals surface area contributed by atoms with E-state index in [-0.39, 0.29) is 11.5 Å². The van der Waals surface area contributed by atoms with Crippen LogP contribution in [0.4, 0.5) is 0 Å². The molecule has 0 N–H and O–H groups in total. The molecule has 0 fully saturated rings. The molecule has 0 aliphatic heterocycles. The van der Waals surface area contributed by atoms with Gasteiger partial charge in [0.15, 0.2) is 9.84 Å². The Kier molecular flexibility index (Phi) is 7.70. The van der Waals surface area contributed by atoms with Gasteiger partial charge in [-0.2, -0.15) is 0 Å². The third kappa shape index (κ3) is 7.03. The van der Waals surface area contributed by atoms with Crippen LogP contribution in [-0.4, -0.2) is 8.42 Å². The first-order valence-corrected chi connectivity index (χ1v) is 11.2. The highest BCUT2D eigenvalue weighted by atomic mass is 32.2. The van der Waals surface area contributed by atoms with Crippen molar-refractivity contribution in [2.75, 3.05) is 0 Å². The Morgan fingerprint density at radius 2 is 0.920 bits per heavy atom. The van der Waals surface area contributed by atoms with Gasteiger partial charge < -0.3 is 0 Å². The second-order valence-electron chi connectivity index (χ2n) is 6.87. The number of hydrogen-bond donors (Lipinski definition) is 0. The van der Waals surface area contributed by atoms with Crippen molar-refractivity contribution in [1.82, 2.24) is 0 Å². The number of benzene rings is 2. The van der Waals surface area contributed by atoms with E-state index in [1.165, 1.54) is 36.8 Å². The Morgan fingerprint density at radius 3 is 1.24 bits per heavy atom. The lowest BCUT2D eigenvalue weighted by atomic mass is 10.1. The molecule has 136 valence electrons. The summed E-state index contributed by atoms with van der Waals surface area (Å²) in [5.74, 6) is 0.220. The van der Waals surface area contributed by atoms with E-state index in [2.05, 4.69) is 38.1 Å². The molecule has 0 spiro atoms. The number of rotatable bonds is 10. The predicted molar refractivity (Wildman–Crippen MR) is 106 cm³/mol. The largest absolute Gasteiger partial charge is 0.228 e. The molecule has 0 saturated carbocycles. The zero-order chi connectivity index (χ0) is 18.1. The smallest absolute Gasteiger partial charge is 0.158 e. The van der Waals surface area contributed by atoms with Gasteiger partial charge in [0.1, 0.15) is 0 Å². The average molecular weight is 359 g/mol. The topological polar surface area (TPSA) is 34.1 Å². The summed E-state index contributed by atoms with van der Waals surface area (Å²) in [6.45, 7) is 4.36. The van der Waals surface area contributed by atoms with Gasteiger partial charge in [0.05, 0.1) is 11.5 Å². The third-order valence-corrected chi connectivity index (χ3v) is 6.00. The minimum Gasteiger partial charge on any atom is -0.228 e. The molecule has 0 heterocycles. The van der Waals surface area contributed by atoms with Gasteiger partial charge in [-0.15, -0.1) is 0 Å². The zero-order valence-corrected chi connectivity index (χ0v) is 16.3. The minimum absolute atomic E-state index is 0.110. The maximum atomic E-state index is 12.5. The van der Waals surface area contributed by atoms with E-state index in [4.69, 9.17) is 0 Å². The van der Waals surface area contributed by atoms with Crippen LogP contribution < -0.4 is 0 Å². The van der Waals surface area contributed by atoms with Gasteiger partial charge in [-0.1, -0.05) is 75.2 Å². The van der Waals surface area contributed by atoms with E-state index < -0.39 is 9.84 Å². The molecule has 2 rings (SSSR count). The normalized spacial score (nSPS) is 11.6. The van der Waals surface area contributed by atoms with Gasteiger partial charge in [-0.3, -0.25) is 0 Å². The lowest BCUT2D eigenvalue weighted by Crippen LogP contribution is -2.07. The average Bonchev–Trinajstić information content (AvgIpc) is 2.60. The SMILES string of the molecule is CCCCc1ccc(CS(=O)(=O)Cc2ccc(CCCC)cc2)cc1. The molecule has 2 aromatic rings. The Labute approximate surface area is 153 Å². The fourth-order valence-electron chi connectivity index (χ4n) is 2.93. The van der Waals surface area contributed by atoms with Crippen LogP contribution in [0.1, 0.15) is 61.8 Å². The third-order valence-electron chi connectivity index (χ3n) is 4.46. The van der Waals surface area contributed by atoms with E-state index >= 15 is 0 Å². The van der Waals surface area contributed by atoms with Crippen molar-refractivity contribution in [3.05, 3.63) is 70.8 Å². The summed E-state index contributed by atoms with van der Waals surface area (Å²) in [6, 6.07) is 16.1. The molecule has 0 radical (unpaired) electrons. The maximum Gasteiger partial charge on any atom is 0.158 e. The fraction of sp³-hybridized carbons (Fsp3) is 0.455. The van der Waals surface area contributed by atoms with Crippen LogP contribution in [0.5, 0.6) is 0 Å². The number of unbranched alkanes of at least 4 members (excludes halogenated alkanes) is 2. The Bertz CT molecular complexity index is 669. The summed E-state index contributed by atoms with van der Waals surface area (Å²) >= 11 is 0. The van der Waals surface area contributed by atoms with Gasteiger partial charge in [0.25, 0.3) is 0 Å². The Morgan fingerprint density at radius 1 is 0.600 bits per heavy atom. The van der Waals surface area contributed by atoms with Gasteiger partial charge in [0.2, 0.25) is 0 Å². The van der Waals surface area contributed by atoms with Crippen LogP contribution in [-0.2, 0) is 34.2 Å². The summed E-state index contributed by atoms with van der Waals surface area (Å²) in [6.07, 6.45) is 6.82.